The molecule has 0 saturated carbocycles. The molecule has 0 amide bonds. The average Bonchev–Trinajstić information content (AvgIpc) is 3.03. The van der Waals surface area contributed by atoms with Crippen molar-refractivity contribution in [1.29, 1.82) is 0 Å². The molecule has 0 spiro atoms. The Morgan fingerprint density at radius 3 is 3.00 bits per heavy atom. The Morgan fingerprint density at radius 2 is 2.28 bits per heavy atom. The Hall–Kier alpha value is -1.75. The zero-order valence-corrected chi connectivity index (χ0v) is 9.93. The van der Waals surface area contributed by atoms with Crippen LogP contribution in [0.25, 0.3) is 11.1 Å². The van der Waals surface area contributed by atoms with Crippen molar-refractivity contribution >= 4 is 22.8 Å². The summed E-state index contributed by atoms with van der Waals surface area (Å²) in [5.74, 6) is 0. The summed E-state index contributed by atoms with van der Waals surface area (Å²) in [6.07, 6.45) is 4.08. The fraction of sp³-hybridized carbons (Fsp3) is 0.462. The van der Waals surface area contributed by atoms with E-state index in [0.29, 0.717) is 30.0 Å². The van der Waals surface area contributed by atoms with Crippen molar-refractivity contribution in [3.8, 4) is 0 Å². The highest BCUT2D eigenvalue weighted by Crippen LogP contribution is 2.36. The van der Waals surface area contributed by atoms with Crippen molar-refractivity contribution < 1.29 is 9.15 Å². The van der Waals surface area contributed by atoms with E-state index >= 15 is 0 Å². The molecule has 2 aliphatic heterocycles. The highest BCUT2D eigenvalue weighted by Gasteiger charge is 2.41. The van der Waals surface area contributed by atoms with Gasteiger partial charge in [0, 0.05) is 0 Å². The van der Waals surface area contributed by atoms with Crippen LogP contribution in [-0.4, -0.2) is 23.2 Å². The number of rotatable bonds is 2. The third-order valence-corrected chi connectivity index (χ3v) is 3.87. The van der Waals surface area contributed by atoms with E-state index in [4.69, 9.17) is 14.9 Å². The zero-order chi connectivity index (χ0) is 12.1. The van der Waals surface area contributed by atoms with Crippen LogP contribution in [0.5, 0.6) is 0 Å². The second-order valence-electron chi connectivity index (χ2n) is 5.07. The minimum absolute atomic E-state index is 0.308. The van der Waals surface area contributed by atoms with Crippen molar-refractivity contribution in [1.82, 2.24) is 4.98 Å². The standard InChI is InChI=1S/C13H15N3O2/c14-8-2-1-3-11-12(8)16-13(18-11)15-9-6-7-4-5-10(9)17-7/h1-3,7,9-10H,4-6,14H2,(H,15,16). The molecule has 2 aliphatic rings. The van der Waals surface area contributed by atoms with Gasteiger partial charge in [-0.25, -0.2) is 0 Å². The SMILES string of the molecule is Nc1cccc2oc(NC3CC4CCC3O4)nc12. The fourth-order valence-corrected chi connectivity index (χ4v) is 2.98. The first-order valence-corrected chi connectivity index (χ1v) is 6.36. The van der Waals surface area contributed by atoms with Gasteiger partial charge in [-0.05, 0) is 31.4 Å². The molecule has 0 radical (unpaired) electrons. The molecule has 2 fully saturated rings. The lowest BCUT2D eigenvalue weighted by Crippen LogP contribution is -2.30. The van der Waals surface area contributed by atoms with E-state index in [9.17, 15) is 0 Å². The molecule has 3 N–H and O–H groups in total. The summed E-state index contributed by atoms with van der Waals surface area (Å²) in [5.41, 5.74) is 7.96. The van der Waals surface area contributed by atoms with Crippen LogP contribution < -0.4 is 11.1 Å². The summed E-state index contributed by atoms with van der Waals surface area (Å²) in [4.78, 5) is 4.40. The molecule has 5 heteroatoms. The number of nitrogens with zero attached hydrogens (tertiary/aromatic N) is 1. The van der Waals surface area contributed by atoms with Gasteiger partial charge in [0.25, 0.3) is 6.01 Å². The van der Waals surface area contributed by atoms with E-state index in [1.807, 2.05) is 18.2 Å². The van der Waals surface area contributed by atoms with E-state index in [1.54, 1.807) is 0 Å². The van der Waals surface area contributed by atoms with Crippen molar-refractivity contribution in [2.24, 2.45) is 0 Å². The molecule has 2 bridgehead atoms. The third kappa shape index (κ3) is 1.47. The van der Waals surface area contributed by atoms with Gasteiger partial charge in [-0.3, -0.25) is 0 Å². The van der Waals surface area contributed by atoms with E-state index in [2.05, 4.69) is 10.3 Å². The number of anilines is 2. The van der Waals surface area contributed by atoms with Crippen LogP contribution in [0.15, 0.2) is 22.6 Å². The molecule has 18 heavy (non-hydrogen) atoms. The van der Waals surface area contributed by atoms with E-state index in [0.717, 1.165) is 23.9 Å². The molecule has 4 rings (SSSR count). The number of ether oxygens (including phenoxy) is 1. The first-order chi connectivity index (χ1) is 8.79. The number of benzene rings is 1. The van der Waals surface area contributed by atoms with Crippen molar-refractivity contribution in [3.05, 3.63) is 18.2 Å². The first-order valence-electron chi connectivity index (χ1n) is 6.36. The molecule has 2 aromatic rings. The van der Waals surface area contributed by atoms with Gasteiger partial charge in [0.15, 0.2) is 5.58 Å². The molecule has 5 nitrogen and oxygen atoms in total. The lowest BCUT2D eigenvalue weighted by Gasteiger charge is -2.18. The molecule has 1 aromatic carbocycles. The molecule has 2 saturated heterocycles. The predicted molar refractivity (Wildman–Crippen MR) is 68.3 cm³/mol. The zero-order valence-electron chi connectivity index (χ0n) is 9.93. The van der Waals surface area contributed by atoms with E-state index in [1.165, 1.54) is 6.42 Å². The van der Waals surface area contributed by atoms with Crippen LogP contribution in [0.4, 0.5) is 11.7 Å². The van der Waals surface area contributed by atoms with Crippen LogP contribution in [0.3, 0.4) is 0 Å². The summed E-state index contributed by atoms with van der Waals surface area (Å²) in [6.45, 7) is 0. The monoisotopic (exact) mass is 245 g/mol. The molecular formula is C13H15N3O2. The number of oxazole rings is 1. The Bertz CT molecular complexity index is 595. The summed E-state index contributed by atoms with van der Waals surface area (Å²) in [7, 11) is 0. The van der Waals surface area contributed by atoms with Gasteiger partial charge in [-0.2, -0.15) is 4.98 Å². The number of para-hydroxylation sites is 1. The van der Waals surface area contributed by atoms with Crippen LogP contribution in [-0.2, 0) is 4.74 Å². The lowest BCUT2D eigenvalue weighted by molar-refractivity contribution is 0.102. The van der Waals surface area contributed by atoms with Gasteiger partial charge in [-0.15, -0.1) is 0 Å². The molecular weight excluding hydrogens is 230 g/mol. The molecule has 1 aromatic heterocycles. The third-order valence-electron chi connectivity index (χ3n) is 3.87. The normalized spacial score (nSPS) is 30.1. The number of nitrogens with one attached hydrogen (secondary N) is 1. The van der Waals surface area contributed by atoms with Crippen molar-refractivity contribution in [3.63, 3.8) is 0 Å². The quantitative estimate of drug-likeness (QED) is 0.793. The lowest BCUT2D eigenvalue weighted by atomic mass is 9.96. The largest absolute Gasteiger partial charge is 0.423 e. The van der Waals surface area contributed by atoms with Crippen LogP contribution in [0, 0.1) is 0 Å². The predicted octanol–water partition coefficient (Wildman–Crippen LogP) is 2.14. The van der Waals surface area contributed by atoms with Gasteiger partial charge < -0.3 is 20.2 Å². The minimum atomic E-state index is 0.308. The van der Waals surface area contributed by atoms with E-state index < -0.39 is 0 Å². The summed E-state index contributed by atoms with van der Waals surface area (Å²) < 4.78 is 11.5. The van der Waals surface area contributed by atoms with Crippen LogP contribution in [0.1, 0.15) is 19.3 Å². The molecule has 3 heterocycles. The van der Waals surface area contributed by atoms with Crippen LogP contribution >= 0.6 is 0 Å². The maximum absolute atomic E-state index is 5.86. The second-order valence-corrected chi connectivity index (χ2v) is 5.07. The fourth-order valence-electron chi connectivity index (χ4n) is 2.98. The topological polar surface area (TPSA) is 73.3 Å². The average molecular weight is 245 g/mol. The maximum atomic E-state index is 5.86. The van der Waals surface area contributed by atoms with Gasteiger partial charge >= 0.3 is 0 Å². The van der Waals surface area contributed by atoms with Crippen LogP contribution in [0.2, 0.25) is 0 Å². The summed E-state index contributed by atoms with van der Waals surface area (Å²) in [5, 5.41) is 3.33. The molecule has 3 atom stereocenters. The molecule has 0 aliphatic carbocycles. The van der Waals surface area contributed by atoms with Gasteiger partial charge in [-0.1, -0.05) is 6.07 Å². The Balaban J connectivity index is 1.61. The number of nitrogen functional groups attached to an aromatic ring is 1. The number of hydrogen-bond acceptors (Lipinski definition) is 5. The highest BCUT2D eigenvalue weighted by atomic mass is 16.5. The van der Waals surface area contributed by atoms with Gasteiger partial charge in [0.05, 0.1) is 23.9 Å². The smallest absolute Gasteiger partial charge is 0.296 e. The highest BCUT2D eigenvalue weighted by molar-refractivity contribution is 5.86. The second kappa shape index (κ2) is 3.62. The Labute approximate surface area is 104 Å². The number of fused-ring (bicyclic) bond motifs is 3. The van der Waals surface area contributed by atoms with E-state index in [-0.39, 0.29) is 0 Å². The maximum Gasteiger partial charge on any atom is 0.296 e. The summed E-state index contributed by atoms with van der Waals surface area (Å²) >= 11 is 0. The first kappa shape index (κ1) is 10.2. The Morgan fingerprint density at radius 1 is 1.33 bits per heavy atom. The number of aromatic nitrogens is 1. The number of hydrogen-bond donors (Lipinski definition) is 2. The number of nitrogens with two attached hydrogens (primary N) is 1. The molecule has 94 valence electrons. The van der Waals surface area contributed by atoms with Gasteiger partial charge in [0.1, 0.15) is 5.52 Å². The van der Waals surface area contributed by atoms with Crippen molar-refractivity contribution in [2.75, 3.05) is 11.1 Å². The van der Waals surface area contributed by atoms with Gasteiger partial charge in [0.2, 0.25) is 0 Å². The molecule has 3 unspecified atom stereocenters. The Kier molecular flexibility index (Phi) is 2.05. The summed E-state index contributed by atoms with van der Waals surface area (Å²) in [6, 6.07) is 6.44. The minimum Gasteiger partial charge on any atom is -0.423 e. The van der Waals surface area contributed by atoms with Crippen molar-refractivity contribution in [2.45, 2.75) is 37.5 Å².